The minimum Gasteiger partial charge on any atom is -0.399 e. The van der Waals surface area contributed by atoms with Crippen LogP contribution >= 0.6 is 11.8 Å². The van der Waals surface area contributed by atoms with E-state index in [-0.39, 0.29) is 0 Å². The fraction of sp³-hybridized carbons (Fsp3) is 0.333. The molecule has 0 heterocycles. The molecule has 0 spiro atoms. The summed E-state index contributed by atoms with van der Waals surface area (Å²) in [6.07, 6.45) is -3.63. The second-order valence-electron chi connectivity index (χ2n) is 2.92. The van der Waals surface area contributed by atoms with Crippen molar-refractivity contribution in [3.8, 4) is 0 Å². The van der Waals surface area contributed by atoms with Gasteiger partial charge in [-0.05, 0) is 24.3 Å². The zero-order chi connectivity index (χ0) is 11.5. The Bertz CT molecular complexity index is 312. The van der Waals surface area contributed by atoms with Crippen LogP contribution in [0.3, 0.4) is 0 Å². The molecule has 0 saturated heterocycles. The lowest BCUT2D eigenvalue weighted by Gasteiger charge is -2.14. The smallest absolute Gasteiger partial charge is 0.316 e. The van der Waals surface area contributed by atoms with Gasteiger partial charge in [-0.3, -0.25) is 0 Å². The van der Waals surface area contributed by atoms with Crippen molar-refractivity contribution < 1.29 is 17.6 Å². The van der Waals surface area contributed by atoms with Gasteiger partial charge in [-0.25, -0.2) is 8.78 Å². The summed E-state index contributed by atoms with van der Waals surface area (Å²) in [7, 11) is 0. The van der Waals surface area contributed by atoms with Crippen molar-refractivity contribution in [1.82, 2.24) is 0 Å². The van der Waals surface area contributed by atoms with Crippen molar-refractivity contribution in [3.63, 3.8) is 0 Å². The van der Waals surface area contributed by atoms with E-state index in [1.54, 1.807) is 0 Å². The van der Waals surface area contributed by atoms with Crippen LogP contribution in [0.4, 0.5) is 23.2 Å². The van der Waals surface area contributed by atoms with Crippen LogP contribution in [-0.2, 0) is 0 Å². The molecule has 0 atom stereocenters. The highest BCUT2D eigenvalue weighted by Gasteiger charge is 2.40. The van der Waals surface area contributed by atoms with E-state index < -0.39 is 18.1 Å². The molecule has 0 fully saturated rings. The molecule has 0 unspecified atom stereocenters. The lowest BCUT2D eigenvalue weighted by atomic mass is 10.3. The Kier molecular flexibility index (Phi) is 3.84. The van der Waals surface area contributed by atoms with Gasteiger partial charge in [0.2, 0.25) is 0 Å². The summed E-state index contributed by atoms with van der Waals surface area (Å²) in [5.41, 5.74) is 5.88. The highest BCUT2D eigenvalue weighted by molar-refractivity contribution is 7.99. The quantitative estimate of drug-likeness (QED) is 0.496. The van der Waals surface area contributed by atoms with E-state index in [9.17, 15) is 17.6 Å². The van der Waals surface area contributed by atoms with Crippen molar-refractivity contribution in [3.05, 3.63) is 24.3 Å². The molecule has 0 saturated carbocycles. The molecular weight excluding hydrogens is 230 g/mol. The van der Waals surface area contributed by atoms with Crippen LogP contribution in [0.5, 0.6) is 0 Å². The Hall–Kier alpha value is -0.910. The molecule has 15 heavy (non-hydrogen) atoms. The standard InChI is InChI=1S/C9H9F4NS/c10-8(11)9(12,13)5-15-7-3-1-6(14)2-4-7/h1-4,8H,5,14H2. The number of nitrogen functional groups attached to an aromatic ring is 1. The molecule has 1 aromatic rings. The number of hydrogen-bond acceptors (Lipinski definition) is 2. The molecule has 84 valence electrons. The SMILES string of the molecule is Nc1ccc(SCC(F)(F)C(F)F)cc1. The summed E-state index contributed by atoms with van der Waals surface area (Å²) in [5.74, 6) is -4.89. The first-order valence-corrected chi connectivity index (χ1v) is 5.05. The second kappa shape index (κ2) is 4.74. The predicted molar refractivity (Wildman–Crippen MR) is 52.5 cm³/mol. The molecule has 1 rings (SSSR count). The topological polar surface area (TPSA) is 26.0 Å². The number of nitrogens with two attached hydrogens (primary N) is 1. The van der Waals surface area contributed by atoms with Gasteiger partial charge in [0.05, 0.1) is 5.75 Å². The maximum Gasteiger partial charge on any atom is 0.316 e. The summed E-state index contributed by atoms with van der Waals surface area (Å²) in [6, 6.07) is 6.09. The van der Waals surface area contributed by atoms with Gasteiger partial charge in [0.1, 0.15) is 0 Å². The molecule has 2 N–H and O–H groups in total. The number of hydrogen-bond donors (Lipinski definition) is 1. The van der Waals surface area contributed by atoms with E-state index in [0.717, 1.165) is 0 Å². The van der Waals surface area contributed by atoms with Gasteiger partial charge in [-0.15, -0.1) is 11.8 Å². The zero-order valence-corrected chi connectivity index (χ0v) is 8.41. The van der Waals surface area contributed by atoms with E-state index >= 15 is 0 Å². The fourth-order valence-electron chi connectivity index (χ4n) is 0.807. The first kappa shape index (κ1) is 12.2. The Balaban J connectivity index is 2.54. The molecule has 0 bridgehead atoms. The molecule has 0 aliphatic heterocycles. The molecule has 0 aliphatic rings. The molecule has 1 nitrogen and oxygen atoms in total. The summed E-state index contributed by atoms with van der Waals surface area (Å²) >= 11 is 0.679. The maximum absolute atomic E-state index is 12.5. The number of thioether (sulfide) groups is 1. The van der Waals surface area contributed by atoms with Crippen molar-refractivity contribution in [2.24, 2.45) is 0 Å². The Morgan fingerprint density at radius 2 is 1.73 bits per heavy atom. The van der Waals surface area contributed by atoms with Gasteiger partial charge in [-0.2, -0.15) is 8.78 Å². The van der Waals surface area contributed by atoms with Crippen LogP contribution < -0.4 is 5.73 Å². The van der Waals surface area contributed by atoms with Crippen LogP contribution in [0.2, 0.25) is 0 Å². The van der Waals surface area contributed by atoms with Gasteiger partial charge in [0.25, 0.3) is 0 Å². The summed E-state index contributed by atoms with van der Waals surface area (Å²) in [4.78, 5) is 0.490. The lowest BCUT2D eigenvalue weighted by Crippen LogP contribution is -2.29. The van der Waals surface area contributed by atoms with Crippen LogP contribution in [0.15, 0.2) is 29.2 Å². The Labute approximate surface area is 88.7 Å². The van der Waals surface area contributed by atoms with Gasteiger partial charge < -0.3 is 5.73 Å². The highest BCUT2D eigenvalue weighted by atomic mass is 32.2. The number of halogens is 4. The van der Waals surface area contributed by atoms with E-state index in [2.05, 4.69) is 0 Å². The number of benzene rings is 1. The third kappa shape index (κ3) is 3.62. The Morgan fingerprint density at radius 1 is 1.20 bits per heavy atom. The fourth-order valence-corrected chi connectivity index (χ4v) is 1.62. The highest BCUT2D eigenvalue weighted by Crippen LogP contribution is 2.31. The van der Waals surface area contributed by atoms with Crippen molar-refractivity contribution in [2.75, 3.05) is 11.5 Å². The van der Waals surface area contributed by atoms with Crippen LogP contribution in [0, 0.1) is 0 Å². The summed E-state index contributed by atoms with van der Waals surface area (Å²) < 4.78 is 48.6. The van der Waals surface area contributed by atoms with Crippen molar-refractivity contribution >= 4 is 17.4 Å². The van der Waals surface area contributed by atoms with Gasteiger partial charge in [-0.1, -0.05) is 0 Å². The molecule has 1 aromatic carbocycles. The third-order valence-electron chi connectivity index (χ3n) is 1.63. The summed E-state index contributed by atoms with van der Waals surface area (Å²) in [5, 5.41) is 0. The van der Waals surface area contributed by atoms with E-state index in [0.29, 0.717) is 22.3 Å². The minimum atomic E-state index is -3.95. The average molecular weight is 239 g/mol. The van der Waals surface area contributed by atoms with Crippen LogP contribution in [-0.4, -0.2) is 18.1 Å². The first-order chi connectivity index (χ1) is 6.92. The molecule has 0 aliphatic carbocycles. The minimum absolute atomic E-state index is 0.490. The van der Waals surface area contributed by atoms with E-state index in [1.807, 2.05) is 0 Å². The van der Waals surface area contributed by atoms with Crippen LogP contribution in [0.1, 0.15) is 0 Å². The Morgan fingerprint density at radius 3 is 2.20 bits per heavy atom. The largest absolute Gasteiger partial charge is 0.399 e. The van der Waals surface area contributed by atoms with Gasteiger partial charge in [0.15, 0.2) is 0 Å². The second-order valence-corrected chi connectivity index (χ2v) is 3.97. The molecule has 0 radical (unpaired) electrons. The predicted octanol–water partition coefficient (Wildman–Crippen LogP) is 3.26. The molecule has 6 heteroatoms. The van der Waals surface area contributed by atoms with Gasteiger partial charge in [0, 0.05) is 10.6 Å². The van der Waals surface area contributed by atoms with E-state index in [4.69, 9.17) is 5.73 Å². The third-order valence-corrected chi connectivity index (χ3v) is 2.77. The van der Waals surface area contributed by atoms with Crippen molar-refractivity contribution in [1.29, 1.82) is 0 Å². The van der Waals surface area contributed by atoms with Gasteiger partial charge >= 0.3 is 12.3 Å². The monoisotopic (exact) mass is 239 g/mol. The number of anilines is 1. The van der Waals surface area contributed by atoms with Crippen LogP contribution in [0.25, 0.3) is 0 Å². The number of alkyl halides is 4. The summed E-state index contributed by atoms with van der Waals surface area (Å²) in [6.45, 7) is 0. The molecular formula is C9H9F4NS. The lowest BCUT2D eigenvalue weighted by molar-refractivity contribution is -0.109. The maximum atomic E-state index is 12.5. The number of rotatable bonds is 4. The average Bonchev–Trinajstić information content (AvgIpc) is 2.17. The van der Waals surface area contributed by atoms with Crippen molar-refractivity contribution in [2.45, 2.75) is 17.2 Å². The zero-order valence-electron chi connectivity index (χ0n) is 7.59. The normalized spacial score (nSPS) is 12.1. The van der Waals surface area contributed by atoms with E-state index in [1.165, 1.54) is 24.3 Å². The first-order valence-electron chi connectivity index (χ1n) is 4.06. The molecule has 0 aromatic heterocycles. The molecule has 0 amide bonds.